The molecule has 1 aliphatic rings. The van der Waals surface area contributed by atoms with Crippen molar-refractivity contribution in [3.63, 3.8) is 0 Å². The number of amides is 1. The number of hydrogen-bond donors (Lipinski definition) is 2. The number of halogens is 3. The predicted octanol–water partition coefficient (Wildman–Crippen LogP) is 5.19. The summed E-state index contributed by atoms with van der Waals surface area (Å²) in [5.41, 5.74) is 2.75. The minimum Gasteiger partial charge on any atom is -0.434 e. The van der Waals surface area contributed by atoms with Gasteiger partial charge in [-0.1, -0.05) is 23.3 Å². The number of aromatic nitrogens is 5. The number of ether oxygens (including phenoxy) is 1. The van der Waals surface area contributed by atoms with E-state index in [-0.39, 0.29) is 22.6 Å². The Morgan fingerprint density at radius 1 is 1.32 bits per heavy atom. The number of benzene rings is 1. The maximum absolute atomic E-state index is 13.2. The first-order valence-electron chi connectivity index (χ1n) is 12.2. The van der Waals surface area contributed by atoms with E-state index in [4.69, 9.17) is 16.3 Å². The summed E-state index contributed by atoms with van der Waals surface area (Å²) >= 11 is 6.20. The number of rotatable bonds is 8. The summed E-state index contributed by atoms with van der Waals surface area (Å²) in [4.78, 5) is 17.5. The fourth-order valence-electron chi connectivity index (χ4n) is 4.57. The molecule has 0 spiro atoms. The number of hydrogen-bond acceptors (Lipinski definition) is 6. The van der Waals surface area contributed by atoms with Crippen molar-refractivity contribution in [1.82, 2.24) is 29.7 Å². The Morgan fingerprint density at radius 3 is 2.89 bits per heavy atom. The van der Waals surface area contributed by atoms with Crippen LogP contribution in [0.5, 0.6) is 5.75 Å². The first-order valence-corrected chi connectivity index (χ1v) is 12.6. The molecule has 0 unspecified atom stereocenters. The summed E-state index contributed by atoms with van der Waals surface area (Å²) in [6.07, 6.45) is 12.6. The van der Waals surface area contributed by atoms with Crippen molar-refractivity contribution in [1.29, 1.82) is 0 Å². The highest BCUT2D eigenvalue weighted by Crippen LogP contribution is 2.37. The molecule has 38 heavy (non-hydrogen) atoms. The highest BCUT2D eigenvalue weighted by atomic mass is 35.5. The van der Waals surface area contributed by atoms with Crippen molar-refractivity contribution in [2.45, 2.75) is 44.9 Å². The van der Waals surface area contributed by atoms with Gasteiger partial charge in [0.2, 0.25) is 0 Å². The lowest BCUT2D eigenvalue weighted by atomic mass is 9.91. The first-order chi connectivity index (χ1) is 18.4. The highest BCUT2D eigenvalue weighted by Gasteiger charge is 2.22. The van der Waals surface area contributed by atoms with Gasteiger partial charge in [-0.25, -0.2) is 9.50 Å². The molecular weight excluding hydrogens is 516 g/mol. The van der Waals surface area contributed by atoms with Crippen LogP contribution in [0.15, 0.2) is 60.7 Å². The third-order valence-corrected chi connectivity index (χ3v) is 6.78. The van der Waals surface area contributed by atoms with Gasteiger partial charge >= 0.3 is 6.61 Å². The fraction of sp³-hybridized carbons (Fsp3) is 0.308. The molecule has 1 aromatic carbocycles. The molecule has 0 bridgehead atoms. The van der Waals surface area contributed by atoms with Crippen LogP contribution in [-0.2, 0) is 6.54 Å². The van der Waals surface area contributed by atoms with Gasteiger partial charge in [-0.05, 0) is 57.0 Å². The highest BCUT2D eigenvalue weighted by molar-refractivity contribution is 6.31. The third kappa shape index (κ3) is 5.68. The molecule has 1 amide bonds. The van der Waals surface area contributed by atoms with Gasteiger partial charge in [-0.3, -0.25) is 9.48 Å². The van der Waals surface area contributed by atoms with E-state index in [0.717, 1.165) is 25.7 Å². The van der Waals surface area contributed by atoms with E-state index >= 15 is 0 Å². The van der Waals surface area contributed by atoms with E-state index in [2.05, 4.69) is 31.9 Å². The number of alkyl halides is 2. The SMILES string of the molecule is CNC1CCC(=CCn2cc(NC(=O)c3cnn4cccnc34)c(-c3cc(Cl)ccc3OC(F)F)n2)CC1. The summed E-state index contributed by atoms with van der Waals surface area (Å²) in [6.45, 7) is -2.59. The van der Waals surface area contributed by atoms with Gasteiger partial charge in [-0.2, -0.15) is 19.0 Å². The monoisotopic (exact) mass is 541 g/mol. The van der Waals surface area contributed by atoms with E-state index in [9.17, 15) is 13.6 Å². The Bertz CT molecular complexity index is 1470. The largest absolute Gasteiger partial charge is 0.434 e. The summed E-state index contributed by atoms with van der Waals surface area (Å²) in [6, 6.07) is 6.51. The lowest BCUT2D eigenvalue weighted by molar-refractivity contribution is -0.0494. The lowest BCUT2D eigenvalue weighted by Crippen LogP contribution is -2.27. The minimum atomic E-state index is -3.04. The molecule has 198 valence electrons. The van der Waals surface area contributed by atoms with Crippen LogP contribution in [0.25, 0.3) is 16.9 Å². The van der Waals surface area contributed by atoms with Crippen molar-refractivity contribution in [3.8, 4) is 17.0 Å². The summed E-state index contributed by atoms with van der Waals surface area (Å²) < 4.78 is 34.2. The van der Waals surface area contributed by atoms with E-state index < -0.39 is 12.5 Å². The normalized spacial score (nSPS) is 15.7. The molecule has 9 nitrogen and oxygen atoms in total. The van der Waals surface area contributed by atoms with Crippen LogP contribution in [0, 0.1) is 0 Å². The molecule has 4 aromatic rings. The van der Waals surface area contributed by atoms with Gasteiger partial charge < -0.3 is 15.4 Å². The second kappa shape index (κ2) is 11.3. The fourth-order valence-corrected chi connectivity index (χ4v) is 4.74. The molecule has 1 aliphatic carbocycles. The second-order valence-electron chi connectivity index (χ2n) is 8.96. The van der Waals surface area contributed by atoms with Crippen molar-refractivity contribution < 1.29 is 18.3 Å². The summed E-state index contributed by atoms with van der Waals surface area (Å²) in [5.74, 6) is -0.576. The molecule has 5 rings (SSSR count). The molecule has 12 heteroatoms. The first kappa shape index (κ1) is 25.8. The topological polar surface area (TPSA) is 98.4 Å². The third-order valence-electron chi connectivity index (χ3n) is 6.55. The Morgan fingerprint density at radius 2 is 2.13 bits per heavy atom. The van der Waals surface area contributed by atoms with Crippen molar-refractivity contribution in [3.05, 3.63) is 71.3 Å². The number of carbonyl (C=O) groups is 1. The number of allylic oxidation sites excluding steroid dienone is 2. The van der Waals surface area contributed by atoms with Crippen LogP contribution in [0.1, 0.15) is 36.0 Å². The smallest absolute Gasteiger partial charge is 0.387 e. The van der Waals surface area contributed by atoms with E-state index in [0.29, 0.717) is 28.9 Å². The van der Waals surface area contributed by atoms with E-state index in [1.807, 2.05) is 7.05 Å². The van der Waals surface area contributed by atoms with Crippen LogP contribution in [0.3, 0.4) is 0 Å². The van der Waals surface area contributed by atoms with Crippen LogP contribution < -0.4 is 15.4 Å². The summed E-state index contributed by atoms with van der Waals surface area (Å²) in [7, 11) is 1.98. The second-order valence-corrected chi connectivity index (χ2v) is 9.39. The van der Waals surface area contributed by atoms with Crippen LogP contribution in [-0.4, -0.2) is 50.0 Å². The molecule has 3 heterocycles. The van der Waals surface area contributed by atoms with Crippen molar-refractivity contribution >= 4 is 28.8 Å². The zero-order chi connectivity index (χ0) is 26.6. The molecule has 0 aliphatic heterocycles. The maximum atomic E-state index is 13.2. The quantitative estimate of drug-likeness (QED) is 0.298. The standard InChI is InChI=1S/C26H26ClF2N7O2/c1-30-18-6-3-16(4-7-18)9-12-35-15-21(33-25(37)20-14-32-36-11-2-10-31-24(20)36)23(34-35)19-13-17(27)5-8-22(19)38-26(28)29/h2,5,8-11,13-15,18,26,30H,3-4,6-7,12H2,1H3,(H,33,37). The van der Waals surface area contributed by atoms with Gasteiger partial charge in [-0.15, -0.1) is 0 Å². The zero-order valence-electron chi connectivity index (χ0n) is 20.6. The van der Waals surface area contributed by atoms with Gasteiger partial charge in [0.25, 0.3) is 5.91 Å². The molecule has 0 atom stereocenters. The molecule has 0 radical (unpaired) electrons. The lowest BCUT2D eigenvalue weighted by Gasteiger charge is -2.23. The Hall–Kier alpha value is -3.83. The number of nitrogens with zero attached hydrogens (tertiary/aromatic N) is 5. The zero-order valence-corrected chi connectivity index (χ0v) is 21.3. The molecule has 3 aromatic heterocycles. The molecule has 0 saturated heterocycles. The molecule has 1 saturated carbocycles. The van der Waals surface area contributed by atoms with Gasteiger partial charge in [0.05, 0.1) is 18.4 Å². The van der Waals surface area contributed by atoms with Gasteiger partial charge in [0.15, 0.2) is 5.65 Å². The molecule has 1 fully saturated rings. The average Bonchev–Trinajstić information content (AvgIpc) is 3.53. The van der Waals surface area contributed by atoms with Gasteiger partial charge in [0, 0.05) is 35.2 Å². The predicted molar refractivity (Wildman–Crippen MR) is 140 cm³/mol. The number of carbonyl (C=O) groups excluding carboxylic acids is 1. The Labute approximate surface area is 222 Å². The Balaban J connectivity index is 1.49. The minimum absolute atomic E-state index is 0.105. The molecule has 2 N–H and O–H groups in total. The van der Waals surface area contributed by atoms with Crippen LogP contribution in [0.4, 0.5) is 14.5 Å². The van der Waals surface area contributed by atoms with E-state index in [1.165, 1.54) is 34.5 Å². The maximum Gasteiger partial charge on any atom is 0.387 e. The number of fused-ring (bicyclic) bond motifs is 1. The Kier molecular flexibility index (Phi) is 7.66. The van der Waals surface area contributed by atoms with Crippen molar-refractivity contribution in [2.75, 3.05) is 12.4 Å². The van der Waals surface area contributed by atoms with Crippen LogP contribution in [0.2, 0.25) is 5.02 Å². The van der Waals surface area contributed by atoms with Crippen molar-refractivity contribution in [2.24, 2.45) is 0 Å². The number of nitrogens with one attached hydrogen (secondary N) is 2. The average molecular weight is 542 g/mol. The molecular formula is C26H26ClF2N7O2. The van der Waals surface area contributed by atoms with E-state index in [1.54, 1.807) is 29.3 Å². The number of anilines is 1. The van der Waals surface area contributed by atoms with Gasteiger partial charge in [0.1, 0.15) is 17.0 Å². The van der Waals surface area contributed by atoms with Crippen LogP contribution >= 0.6 is 11.6 Å². The summed E-state index contributed by atoms with van der Waals surface area (Å²) in [5, 5.41) is 15.3.